The number of hydrogen-bond acceptors (Lipinski definition) is 4. The number of carbonyl (C=O) groups is 1. The van der Waals surface area contributed by atoms with Crippen LogP contribution in [0.2, 0.25) is 0 Å². The summed E-state index contributed by atoms with van der Waals surface area (Å²) in [6.07, 6.45) is 2.72. The molecule has 0 aliphatic carbocycles. The number of benzene rings is 3. The lowest BCUT2D eigenvalue weighted by molar-refractivity contribution is 0.101. The molecule has 0 fully saturated rings. The molecule has 0 radical (unpaired) electrons. The third-order valence-corrected chi connectivity index (χ3v) is 6.43. The summed E-state index contributed by atoms with van der Waals surface area (Å²) in [6, 6.07) is 26.8. The van der Waals surface area contributed by atoms with Gasteiger partial charge in [0.2, 0.25) is 0 Å². The maximum absolute atomic E-state index is 12.8. The molecule has 1 atom stereocenters. The molecule has 0 saturated heterocycles. The van der Waals surface area contributed by atoms with Crippen molar-refractivity contribution in [3.63, 3.8) is 0 Å². The van der Waals surface area contributed by atoms with Crippen molar-refractivity contribution in [2.24, 2.45) is 4.99 Å². The molecule has 1 aliphatic heterocycles. The van der Waals surface area contributed by atoms with E-state index in [0.717, 1.165) is 22.6 Å². The second kappa shape index (κ2) is 9.77. The lowest BCUT2D eigenvalue weighted by Gasteiger charge is -2.17. The standard InChI is InChI=1S/C26H25NO2S/c1-2-29-21-13-14-24-23(17-21)26(28)25(30-24)18-27-16-15-22(19-9-5-3-6-10-19)20-11-7-4-8-12-20/h3-14,17-18,22,25H,2,15-16H2,1H3/t25-/m0/s1. The van der Waals surface area contributed by atoms with E-state index in [1.807, 2.05) is 43.5 Å². The van der Waals surface area contributed by atoms with Gasteiger partial charge < -0.3 is 4.74 Å². The molecule has 0 bridgehead atoms. The minimum absolute atomic E-state index is 0.114. The van der Waals surface area contributed by atoms with Gasteiger partial charge in [0.25, 0.3) is 0 Å². The van der Waals surface area contributed by atoms with Crippen LogP contribution >= 0.6 is 11.8 Å². The first-order valence-electron chi connectivity index (χ1n) is 10.3. The fourth-order valence-electron chi connectivity index (χ4n) is 3.77. The van der Waals surface area contributed by atoms with Crippen LogP contribution in [0.15, 0.2) is 88.8 Å². The number of ether oxygens (including phenoxy) is 1. The van der Waals surface area contributed by atoms with Gasteiger partial charge in [0.05, 0.1) is 6.61 Å². The Balaban J connectivity index is 1.42. The van der Waals surface area contributed by atoms with E-state index >= 15 is 0 Å². The van der Waals surface area contributed by atoms with Gasteiger partial charge in [-0.3, -0.25) is 9.79 Å². The topological polar surface area (TPSA) is 38.7 Å². The van der Waals surface area contributed by atoms with Gasteiger partial charge in [-0.25, -0.2) is 0 Å². The van der Waals surface area contributed by atoms with E-state index in [2.05, 4.69) is 53.5 Å². The molecule has 3 aromatic carbocycles. The van der Waals surface area contributed by atoms with E-state index in [9.17, 15) is 4.79 Å². The quantitative estimate of drug-likeness (QED) is 0.421. The summed E-state index contributed by atoms with van der Waals surface area (Å²) in [7, 11) is 0. The molecule has 1 aliphatic rings. The van der Waals surface area contributed by atoms with Crippen molar-refractivity contribution in [3.05, 3.63) is 95.6 Å². The first kappa shape index (κ1) is 20.4. The maximum Gasteiger partial charge on any atom is 0.182 e. The van der Waals surface area contributed by atoms with Crippen molar-refractivity contribution in [2.45, 2.75) is 29.4 Å². The fourth-order valence-corrected chi connectivity index (χ4v) is 4.86. The first-order chi connectivity index (χ1) is 14.8. The smallest absolute Gasteiger partial charge is 0.182 e. The Hall–Kier alpha value is -2.85. The van der Waals surface area contributed by atoms with E-state index in [-0.39, 0.29) is 11.0 Å². The van der Waals surface area contributed by atoms with Crippen LogP contribution in [0, 0.1) is 0 Å². The molecule has 3 nitrogen and oxygen atoms in total. The Bertz CT molecular complexity index is 978. The third-order valence-electron chi connectivity index (χ3n) is 5.23. The Morgan fingerprint density at radius 1 is 1.00 bits per heavy atom. The molecule has 0 amide bonds. The monoisotopic (exact) mass is 415 g/mol. The third kappa shape index (κ3) is 4.65. The van der Waals surface area contributed by atoms with Crippen LogP contribution in [0.3, 0.4) is 0 Å². The lowest BCUT2D eigenvalue weighted by atomic mass is 9.89. The number of rotatable bonds is 8. The minimum Gasteiger partial charge on any atom is -0.494 e. The van der Waals surface area contributed by atoms with Crippen molar-refractivity contribution < 1.29 is 9.53 Å². The van der Waals surface area contributed by atoms with Crippen molar-refractivity contribution in [3.8, 4) is 5.75 Å². The Kier molecular flexibility index (Phi) is 6.65. The first-order valence-corrected chi connectivity index (χ1v) is 11.2. The van der Waals surface area contributed by atoms with Crippen LogP contribution in [0.4, 0.5) is 0 Å². The number of fused-ring (bicyclic) bond motifs is 1. The highest BCUT2D eigenvalue weighted by molar-refractivity contribution is 8.02. The molecule has 152 valence electrons. The van der Waals surface area contributed by atoms with Crippen LogP contribution in [-0.2, 0) is 0 Å². The van der Waals surface area contributed by atoms with Gasteiger partial charge in [0.15, 0.2) is 5.78 Å². The van der Waals surface area contributed by atoms with Crippen molar-refractivity contribution >= 4 is 23.8 Å². The molecule has 0 unspecified atom stereocenters. The van der Waals surface area contributed by atoms with Crippen LogP contribution < -0.4 is 4.74 Å². The van der Waals surface area contributed by atoms with Crippen LogP contribution in [0.1, 0.15) is 40.7 Å². The van der Waals surface area contributed by atoms with Crippen molar-refractivity contribution in [2.75, 3.05) is 13.2 Å². The lowest BCUT2D eigenvalue weighted by Crippen LogP contribution is -2.13. The number of hydrogen-bond donors (Lipinski definition) is 0. The van der Waals surface area contributed by atoms with E-state index in [0.29, 0.717) is 19.1 Å². The normalized spacial score (nSPS) is 15.7. The second-order valence-corrected chi connectivity index (χ2v) is 8.39. The van der Waals surface area contributed by atoms with E-state index in [4.69, 9.17) is 4.74 Å². The average molecular weight is 416 g/mol. The Morgan fingerprint density at radius 3 is 2.30 bits per heavy atom. The summed E-state index contributed by atoms with van der Waals surface area (Å²) in [5, 5.41) is -0.247. The van der Waals surface area contributed by atoms with E-state index in [1.54, 1.807) is 11.8 Å². The molecule has 30 heavy (non-hydrogen) atoms. The summed E-state index contributed by atoms with van der Waals surface area (Å²) >= 11 is 1.57. The molecule has 4 rings (SSSR count). The largest absolute Gasteiger partial charge is 0.494 e. The summed E-state index contributed by atoms with van der Waals surface area (Å²) in [4.78, 5) is 18.4. The van der Waals surface area contributed by atoms with E-state index in [1.165, 1.54) is 11.1 Å². The van der Waals surface area contributed by atoms with Gasteiger partial charge in [0.1, 0.15) is 11.0 Å². The van der Waals surface area contributed by atoms with Gasteiger partial charge in [-0.05, 0) is 42.7 Å². The molecule has 4 heteroatoms. The molecule has 3 aromatic rings. The van der Waals surface area contributed by atoms with Crippen LogP contribution in [0.25, 0.3) is 0 Å². The summed E-state index contributed by atoms with van der Waals surface area (Å²) in [5.74, 6) is 1.15. The number of carbonyl (C=O) groups excluding carboxylic acids is 1. The number of nitrogens with zero attached hydrogens (tertiary/aromatic N) is 1. The molecule has 0 N–H and O–H groups in total. The summed E-state index contributed by atoms with van der Waals surface area (Å²) in [5.41, 5.74) is 3.33. The highest BCUT2D eigenvalue weighted by Gasteiger charge is 2.30. The zero-order valence-corrected chi connectivity index (χ0v) is 17.8. The van der Waals surface area contributed by atoms with Crippen molar-refractivity contribution in [1.29, 1.82) is 0 Å². The minimum atomic E-state index is -0.247. The average Bonchev–Trinajstić information content (AvgIpc) is 3.10. The number of Topliss-reactive ketones (excluding diaryl/α,β-unsaturated/α-hetero) is 1. The molecule has 0 spiro atoms. The van der Waals surface area contributed by atoms with E-state index < -0.39 is 0 Å². The molecular formula is C26H25NO2S. The van der Waals surface area contributed by atoms with Gasteiger partial charge in [0, 0.05) is 29.1 Å². The summed E-state index contributed by atoms with van der Waals surface area (Å²) < 4.78 is 5.53. The zero-order chi connectivity index (χ0) is 20.8. The van der Waals surface area contributed by atoms with Crippen LogP contribution in [0.5, 0.6) is 5.75 Å². The molecule has 0 saturated carbocycles. The molecule has 1 heterocycles. The van der Waals surface area contributed by atoms with Crippen molar-refractivity contribution in [1.82, 2.24) is 0 Å². The van der Waals surface area contributed by atoms with Gasteiger partial charge in [-0.2, -0.15) is 0 Å². The Labute approximate surface area is 182 Å². The SMILES string of the molecule is CCOc1ccc2c(c1)C(=O)[C@H](C=NCCC(c1ccccc1)c1ccccc1)S2. The predicted molar refractivity (Wildman–Crippen MR) is 124 cm³/mol. The predicted octanol–water partition coefficient (Wildman–Crippen LogP) is 6.04. The molecular weight excluding hydrogens is 390 g/mol. The second-order valence-electron chi connectivity index (χ2n) is 7.21. The highest BCUT2D eigenvalue weighted by Crippen LogP contribution is 2.38. The van der Waals surface area contributed by atoms with Gasteiger partial charge in [-0.15, -0.1) is 11.8 Å². The highest BCUT2D eigenvalue weighted by atomic mass is 32.2. The Morgan fingerprint density at radius 2 is 1.67 bits per heavy atom. The van der Waals surface area contributed by atoms with Gasteiger partial charge in [-0.1, -0.05) is 60.7 Å². The maximum atomic E-state index is 12.8. The number of thioether (sulfide) groups is 1. The number of ketones is 1. The molecule has 0 aromatic heterocycles. The fraction of sp³-hybridized carbons (Fsp3) is 0.231. The van der Waals surface area contributed by atoms with Gasteiger partial charge >= 0.3 is 0 Å². The summed E-state index contributed by atoms with van der Waals surface area (Å²) in [6.45, 7) is 3.21. The van der Waals surface area contributed by atoms with Crippen LogP contribution in [-0.4, -0.2) is 30.4 Å². The number of aliphatic imine (C=N–C) groups is 1. The zero-order valence-electron chi connectivity index (χ0n) is 17.0.